The molecule has 4 nitrogen and oxygen atoms in total. The van der Waals surface area contributed by atoms with E-state index in [9.17, 15) is 13.2 Å². The molecule has 0 aromatic carbocycles. The first kappa shape index (κ1) is 13.3. The van der Waals surface area contributed by atoms with Crippen molar-refractivity contribution >= 4 is 11.6 Å². The summed E-state index contributed by atoms with van der Waals surface area (Å²) < 4.78 is 39.0. The molecule has 0 saturated heterocycles. The van der Waals surface area contributed by atoms with Crippen LogP contribution in [-0.2, 0) is 23.7 Å². The van der Waals surface area contributed by atoms with Crippen molar-refractivity contribution in [1.82, 2.24) is 9.78 Å². The summed E-state index contributed by atoms with van der Waals surface area (Å²) in [6, 6.07) is 0. The van der Waals surface area contributed by atoms with Crippen molar-refractivity contribution in [3.63, 3.8) is 0 Å². The third-order valence-electron chi connectivity index (χ3n) is 2.14. The highest BCUT2D eigenvalue weighted by Crippen LogP contribution is 2.40. The number of nitrogens with zero attached hydrogens (tertiary/aromatic N) is 2. The van der Waals surface area contributed by atoms with E-state index in [1.165, 1.54) is 20.9 Å². The zero-order chi connectivity index (χ0) is 12.7. The van der Waals surface area contributed by atoms with Crippen molar-refractivity contribution in [1.29, 1.82) is 0 Å². The van der Waals surface area contributed by atoms with Crippen molar-refractivity contribution in [2.45, 2.75) is 25.6 Å². The van der Waals surface area contributed by atoms with Gasteiger partial charge in [0.25, 0.3) is 0 Å². The van der Waals surface area contributed by atoms with Crippen LogP contribution in [0.15, 0.2) is 0 Å². The first-order chi connectivity index (χ1) is 7.11. The first-order valence-electron chi connectivity index (χ1n) is 4.29. The summed E-state index contributed by atoms with van der Waals surface area (Å²) in [5.74, 6) is 4.97. The van der Waals surface area contributed by atoms with Crippen LogP contribution in [0, 0.1) is 0 Å². The van der Waals surface area contributed by atoms with Crippen LogP contribution in [0.2, 0.25) is 5.15 Å². The Morgan fingerprint density at radius 2 is 1.88 bits per heavy atom. The van der Waals surface area contributed by atoms with Crippen LogP contribution in [-0.4, -0.2) is 9.78 Å². The average molecular weight is 258 g/mol. The highest BCUT2D eigenvalue weighted by atomic mass is 35.5. The molecule has 0 aliphatic rings. The van der Waals surface area contributed by atoms with Gasteiger partial charge in [0.15, 0.2) is 5.69 Å². The van der Waals surface area contributed by atoms with Gasteiger partial charge in [-0.15, -0.1) is 0 Å². The Hall–Kier alpha value is -0.790. The van der Waals surface area contributed by atoms with Crippen LogP contribution in [0.25, 0.3) is 0 Å². The van der Waals surface area contributed by atoms with E-state index in [0.29, 0.717) is 0 Å². The molecule has 0 aliphatic carbocycles. The average Bonchev–Trinajstić information content (AvgIpc) is 2.43. The number of hydrogen-bond acceptors (Lipinski definition) is 3. The number of aryl methyl sites for hydroxylation is 1. The fourth-order valence-electron chi connectivity index (χ4n) is 1.29. The van der Waals surface area contributed by atoms with Gasteiger partial charge >= 0.3 is 6.18 Å². The molecule has 0 spiro atoms. The molecule has 1 heterocycles. The first-order valence-corrected chi connectivity index (χ1v) is 4.67. The number of aromatic nitrogens is 2. The number of halogens is 4. The van der Waals surface area contributed by atoms with Gasteiger partial charge in [-0.05, 0) is 13.8 Å². The molecule has 0 saturated carbocycles. The van der Waals surface area contributed by atoms with Gasteiger partial charge in [-0.1, -0.05) is 11.6 Å². The van der Waals surface area contributed by atoms with Gasteiger partial charge in [0.2, 0.25) is 0 Å². The molecule has 0 bridgehead atoms. The third-order valence-corrected chi connectivity index (χ3v) is 2.58. The molecule has 0 atom stereocenters. The molecule has 1 rings (SSSR count). The Labute approximate surface area is 95.1 Å². The molecule has 1 aromatic rings. The minimum Gasteiger partial charge on any atom is -0.294 e. The van der Waals surface area contributed by atoms with E-state index in [0.717, 1.165) is 4.68 Å². The Morgan fingerprint density at radius 1 is 1.38 bits per heavy atom. The monoisotopic (exact) mass is 257 g/mol. The maximum atomic E-state index is 12.7. The van der Waals surface area contributed by atoms with E-state index >= 15 is 0 Å². The molecule has 8 heteroatoms. The maximum absolute atomic E-state index is 12.7. The summed E-state index contributed by atoms with van der Waals surface area (Å²) in [5, 5.41) is 3.17. The summed E-state index contributed by atoms with van der Waals surface area (Å²) in [7, 11) is 1.31. The fraction of sp³-hybridized carbons (Fsp3) is 0.625. The van der Waals surface area contributed by atoms with E-state index < -0.39 is 17.5 Å². The van der Waals surface area contributed by atoms with Crippen molar-refractivity contribution in [3.8, 4) is 0 Å². The quantitative estimate of drug-likeness (QED) is 0.827. The lowest BCUT2D eigenvalue weighted by atomic mass is 9.98. The normalized spacial score (nSPS) is 13.2. The molecule has 0 amide bonds. The van der Waals surface area contributed by atoms with Gasteiger partial charge in [0, 0.05) is 7.05 Å². The van der Waals surface area contributed by atoms with E-state index in [2.05, 4.69) is 9.94 Å². The minimum atomic E-state index is -4.60. The van der Waals surface area contributed by atoms with Crippen molar-refractivity contribution in [2.24, 2.45) is 12.9 Å². The molecule has 0 fully saturated rings. The number of alkyl halides is 3. The highest BCUT2D eigenvalue weighted by Gasteiger charge is 2.43. The van der Waals surface area contributed by atoms with E-state index in [-0.39, 0.29) is 10.7 Å². The van der Waals surface area contributed by atoms with Gasteiger partial charge in [-0.3, -0.25) is 9.52 Å². The third kappa shape index (κ3) is 2.16. The SMILES string of the molecule is Cn1nc(C(F)(F)F)c(C(C)(C)ON)c1Cl. The molecule has 0 unspecified atom stereocenters. The molecular formula is C8H11ClF3N3O. The summed E-state index contributed by atoms with van der Waals surface area (Å²) in [6.45, 7) is 2.76. The standard InChI is InChI=1S/C8H11ClF3N3O/c1-7(2,16-13)4-5(8(10,11)12)14-15(3)6(4)9/h13H2,1-3H3. The molecule has 2 N–H and O–H groups in total. The second-order valence-corrected chi connectivity index (χ2v) is 4.12. The number of hydrogen-bond donors (Lipinski definition) is 1. The molecule has 1 aromatic heterocycles. The van der Waals surface area contributed by atoms with E-state index in [1.54, 1.807) is 0 Å². The van der Waals surface area contributed by atoms with Gasteiger partial charge < -0.3 is 0 Å². The molecule has 0 aliphatic heterocycles. The summed E-state index contributed by atoms with van der Waals surface area (Å²) in [5.41, 5.74) is -2.72. The Balaban J connectivity index is 3.48. The predicted molar refractivity (Wildman–Crippen MR) is 51.5 cm³/mol. The smallest absolute Gasteiger partial charge is 0.294 e. The Morgan fingerprint density at radius 3 is 2.25 bits per heavy atom. The molecule has 0 radical (unpaired) electrons. The Kier molecular flexibility index (Phi) is 3.24. The zero-order valence-corrected chi connectivity index (χ0v) is 9.65. The van der Waals surface area contributed by atoms with Crippen molar-refractivity contribution in [3.05, 3.63) is 16.4 Å². The largest absolute Gasteiger partial charge is 0.435 e. The van der Waals surface area contributed by atoms with Gasteiger partial charge in [0.05, 0.1) is 5.56 Å². The zero-order valence-electron chi connectivity index (χ0n) is 8.89. The van der Waals surface area contributed by atoms with E-state index in [1.807, 2.05) is 0 Å². The van der Waals surface area contributed by atoms with Gasteiger partial charge in [-0.25, -0.2) is 5.90 Å². The van der Waals surface area contributed by atoms with Crippen LogP contribution >= 0.6 is 11.6 Å². The molecule has 92 valence electrons. The highest BCUT2D eigenvalue weighted by molar-refractivity contribution is 6.30. The summed E-state index contributed by atoms with van der Waals surface area (Å²) >= 11 is 5.75. The maximum Gasteiger partial charge on any atom is 0.435 e. The van der Waals surface area contributed by atoms with Crippen LogP contribution in [0.3, 0.4) is 0 Å². The number of nitrogens with two attached hydrogens (primary N) is 1. The topological polar surface area (TPSA) is 53.1 Å². The van der Waals surface area contributed by atoms with Crippen LogP contribution in [0.1, 0.15) is 25.1 Å². The lowest BCUT2D eigenvalue weighted by Gasteiger charge is -2.22. The molecule has 16 heavy (non-hydrogen) atoms. The van der Waals surface area contributed by atoms with E-state index in [4.69, 9.17) is 17.5 Å². The Bertz CT molecular complexity index is 400. The predicted octanol–water partition coefficient (Wildman–Crippen LogP) is 2.22. The fourth-order valence-corrected chi connectivity index (χ4v) is 1.65. The summed E-state index contributed by atoms with van der Waals surface area (Å²) in [4.78, 5) is 4.52. The minimum absolute atomic E-state index is 0.150. The lowest BCUT2D eigenvalue weighted by molar-refractivity contribution is -0.145. The second-order valence-electron chi connectivity index (χ2n) is 3.76. The summed E-state index contributed by atoms with van der Waals surface area (Å²) in [6.07, 6.45) is -4.60. The lowest BCUT2D eigenvalue weighted by Crippen LogP contribution is -2.28. The van der Waals surface area contributed by atoms with Gasteiger partial charge in [0.1, 0.15) is 10.8 Å². The number of rotatable bonds is 2. The van der Waals surface area contributed by atoms with Crippen LogP contribution in [0.4, 0.5) is 13.2 Å². The van der Waals surface area contributed by atoms with Gasteiger partial charge in [-0.2, -0.15) is 18.3 Å². The molecular weight excluding hydrogens is 247 g/mol. The second kappa shape index (κ2) is 3.90. The van der Waals surface area contributed by atoms with Crippen LogP contribution in [0.5, 0.6) is 0 Å². The van der Waals surface area contributed by atoms with Crippen molar-refractivity contribution < 1.29 is 18.0 Å². The van der Waals surface area contributed by atoms with Crippen LogP contribution < -0.4 is 5.90 Å². The van der Waals surface area contributed by atoms with Crippen molar-refractivity contribution in [2.75, 3.05) is 0 Å².